The summed E-state index contributed by atoms with van der Waals surface area (Å²) >= 11 is 0. The number of carbonyl (C=O) groups excluding carboxylic acids is 1. The Morgan fingerprint density at radius 2 is 2.00 bits per heavy atom. The number of rotatable bonds is 0. The summed E-state index contributed by atoms with van der Waals surface area (Å²) in [5, 5.41) is 2.16. The second-order valence-electron chi connectivity index (χ2n) is 3.15. The number of aromatic nitrogens is 1. The molecule has 1 aliphatic heterocycles. The second kappa shape index (κ2) is 2.10. The third-order valence-corrected chi connectivity index (χ3v) is 2.37. The highest BCUT2D eigenvalue weighted by Crippen LogP contribution is 2.25. The van der Waals surface area contributed by atoms with Crippen LogP contribution in [0.1, 0.15) is 10.5 Å². The van der Waals surface area contributed by atoms with E-state index in [9.17, 15) is 4.79 Å². The van der Waals surface area contributed by atoms with Crippen molar-refractivity contribution < 1.29 is 4.79 Å². The van der Waals surface area contributed by atoms with Gasteiger partial charge in [-0.05, 0) is 0 Å². The molecule has 0 saturated carbocycles. The smallest absolute Gasteiger partial charge is 0.204 e. The normalized spacial score (nSPS) is 14.0. The van der Waals surface area contributed by atoms with Gasteiger partial charge in [0.25, 0.3) is 0 Å². The SMILES string of the molecule is O=C1C=Cn2cc3ccccc3c21. The maximum Gasteiger partial charge on any atom is 0.204 e. The molecule has 0 N–H and O–H groups in total. The van der Waals surface area contributed by atoms with E-state index in [0.717, 1.165) is 16.5 Å². The Morgan fingerprint density at radius 1 is 1.15 bits per heavy atom. The van der Waals surface area contributed by atoms with E-state index in [-0.39, 0.29) is 5.78 Å². The molecule has 62 valence electrons. The van der Waals surface area contributed by atoms with Crippen LogP contribution < -0.4 is 0 Å². The van der Waals surface area contributed by atoms with Crippen molar-refractivity contribution in [2.24, 2.45) is 0 Å². The van der Waals surface area contributed by atoms with Crippen molar-refractivity contribution in [1.29, 1.82) is 0 Å². The van der Waals surface area contributed by atoms with Gasteiger partial charge in [-0.1, -0.05) is 24.3 Å². The lowest BCUT2D eigenvalue weighted by Crippen LogP contribution is -1.92. The molecule has 13 heavy (non-hydrogen) atoms. The highest BCUT2D eigenvalue weighted by atomic mass is 16.1. The van der Waals surface area contributed by atoms with Crippen molar-refractivity contribution in [3.05, 3.63) is 42.2 Å². The van der Waals surface area contributed by atoms with E-state index in [4.69, 9.17) is 0 Å². The largest absolute Gasteiger partial charge is 0.319 e. The van der Waals surface area contributed by atoms with Crippen LogP contribution in [-0.2, 0) is 0 Å². The van der Waals surface area contributed by atoms with Gasteiger partial charge in [-0.2, -0.15) is 0 Å². The number of benzene rings is 1. The van der Waals surface area contributed by atoms with Crippen molar-refractivity contribution in [2.45, 2.75) is 0 Å². The fourth-order valence-corrected chi connectivity index (χ4v) is 1.78. The fraction of sp³-hybridized carbons (Fsp3) is 0. The maximum atomic E-state index is 11.4. The molecule has 2 nitrogen and oxygen atoms in total. The number of carbonyl (C=O) groups is 1. The number of allylic oxidation sites excluding steroid dienone is 1. The number of hydrogen-bond acceptors (Lipinski definition) is 1. The standard InChI is InChI=1S/C11H7NO/c13-10-5-6-12-7-8-3-1-2-4-9(8)11(10)12/h1-7H. The molecule has 0 aliphatic carbocycles. The highest BCUT2D eigenvalue weighted by molar-refractivity contribution is 6.16. The molecule has 1 aromatic heterocycles. The number of nitrogens with zero attached hydrogens (tertiary/aromatic N) is 1. The minimum Gasteiger partial charge on any atom is -0.319 e. The zero-order valence-corrected chi connectivity index (χ0v) is 6.90. The molecule has 0 spiro atoms. The molecule has 2 heterocycles. The molecule has 3 rings (SSSR count). The summed E-state index contributed by atoms with van der Waals surface area (Å²) in [5.41, 5.74) is 0.788. The van der Waals surface area contributed by atoms with E-state index in [1.807, 2.05) is 35.0 Å². The average Bonchev–Trinajstić information content (AvgIpc) is 2.66. The van der Waals surface area contributed by atoms with Gasteiger partial charge in [0.05, 0.1) is 0 Å². The molecule has 2 heteroatoms. The van der Waals surface area contributed by atoms with E-state index in [1.165, 1.54) is 0 Å². The summed E-state index contributed by atoms with van der Waals surface area (Å²) in [6.45, 7) is 0. The Kier molecular flexibility index (Phi) is 1.08. The van der Waals surface area contributed by atoms with Gasteiger partial charge in [-0.3, -0.25) is 4.79 Å². The van der Waals surface area contributed by atoms with Crippen molar-refractivity contribution in [2.75, 3.05) is 0 Å². The summed E-state index contributed by atoms with van der Waals surface area (Å²) in [7, 11) is 0. The minimum atomic E-state index is 0.0983. The fourth-order valence-electron chi connectivity index (χ4n) is 1.78. The topological polar surface area (TPSA) is 22.0 Å². The van der Waals surface area contributed by atoms with Crippen LogP contribution in [0.25, 0.3) is 17.0 Å². The Balaban J connectivity index is 2.51. The van der Waals surface area contributed by atoms with Gasteiger partial charge < -0.3 is 4.57 Å². The summed E-state index contributed by atoms with van der Waals surface area (Å²) in [6.07, 6.45) is 5.38. The van der Waals surface area contributed by atoms with Crippen molar-refractivity contribution in [3.8, 4) is 0 Å². The van der Waals surface area contributed by atoms with Crippen LogP contribution in [0, 0.1) is 0 Å². The van der Waals surface area contributed by atoms with E-state index in [0.29, 0.717) is 0 Å². The summed E-state index contributed by atoms with van der Waals surface area (Å²) in [5.74, 6) is 0.0983. The highest BCUT2D eigenvalue weighted by Gasteiger charge is 2.17. The molecule has 2 aromatic rings. The predicted molar refractivity (Wildman–Crippen MR) is 51.6 cm³/mol. The van der Waals surface area contributed by atoms with Crippen molar-refractivity contribution in [1.82, 2.24) is 4.57 Å². The van der Waals surface area contributed by atoms with Gasteiger partial charge in [0.2, 0.25) is 5.78 Å². The van der Waals surface area contributed by atoms with Gasteiger partial charge in [-0.15, -0.1) is 0 Å². The minimum absolute atomic E-state index is 0.0983. The maximum absolute atomic E-state index is 11.4. The lowest BCUT2D eigenvalue weighted by molar-refractivity contribution is 0.104. The molecular formula is C11H7NO. The van der Waals surface area contributed by atoms with Crippen LogP contribution in [0.2, 0.25) is 0 Å². The molecule has 0 atom stereocenters. The van der Waals surface area contributed by atoms with Crippen molar-refractivity contribution in [3.63, 3.8) is 0 Å². The third-order valence-electron chi connectivity index (χ3n) is 2.37. The monoisotopic (exact) mass is 169 g/mol. The molecule has 0 unspecified atom stereocenters. The Bertz CT molecular complexity index is 534. The Hall–Kier alpha value is -1.83. The molecule has 1 aliphatic rings. The first-order valence-corrected chi connectivity index (χ1v) is 4.18. The predicted octanol–water partition coefficient (Wildman–Crippen LogP) is 2.31. The zero-order valence-electron chi connectivity index (χ0n) is 6.90. The van der Waals surface area contributed by atoms with Gasteiger partial charge in [0.15, 0.2) is 0 Å². The number of fused-ring (bicyclic) bond motifs is 3. The summed E-state index contributed by atoms with van der Waals surface area (Å²) in [4.78, 5) is 11.4. The quantitative estimate of drug-likeness (QED) is 0.593. The second-order valence-corrected chi connectivity index (χ2v) is 3.15. The van der Waals surface area contributed by atoms with Gasteiger partial charge in [0.1, 0.15) is 5.69 Å². The first-order valence-electron chi connectivity index (χ1n) is 4.18. The Labute approximate surface area is 75.1 Å². The van der Waals surface area contributed by atoms with Crippen LogP contribution in [-0.4, -0.2) is 10.4 Å². The van der Waals surface area contributed by atoms with Gasteiger partial charge >= 0.3 is 0 Å². The van der Waals surface area contributed by atoms with Gasteiger partial charge in [0, 0.05) is 29.2 Å². The first kappa shape index (κ1) is 6.66. The van der Waals surface area contributed by atoms with E-state index >= 15 is 0 Å². The summed E-state index contributed by atoms with van der Waals surface area (Å²) in [6, 6.07) is 7.93. The third kappa shape index (κ3) is 0.746. The lowest BCUT2D eigenvalue weighted by atomic mass is 10.1. The van der Waals surface area contributed by atoms with Crippen LogP contribution in [0.4, 0.5) is 0 Å². The molecule has 1 aromatic carbocycles. The zero-order chi connectivity index (χ0) is 8.84. The van der Waals surface area contributed by atoms with Crippen LogP contribution >= 0.6 is 0 Å². The van der Waals surface area contributed by atoms with Crippen molar-refractivity contribution >= 4 is 22.8 Å². The van der Waals surface area contributed by atoms with E-state index in [2.05, 4.69) is 0 Å². The average molecular weight is 169 g/mol. The van der Waals surface area contributed by atoms with Crippen LogP contribution in [0.15, 0.2) is 36.5 Å². The first-order chi connectivity index (χ1) is 6.36. The molecular weight excluding hydrogens is 162 g/mol. The van der Waals surface area contributed by atoms with Gasteiger partial charge in [-0.25, -0.2) is 0 Å². The Morgan fingerprint density at radius 3 is 2.92 bits per heavy atom. The van der Waals surface area contributed by atoms with E-state index in [1.54, 1.807) is 12.3 Å². The molecule has 0 saturated heterocycles. The van der Waals surface area contributed by atoms with E-state index < -0.39 is 0 Å². The van der Waals surface area contributed by atoms with Crippen LogP contribution in [0.5, 0.6) is 0 Å². The molecule has 0 amide bonds. The molecule has 0 bridgehead atoms. The lowest BCUT2D eigenvalue weighted by Gasteiger charge is -1.91. The molecule has 0 fully saturated rings. The van der Waals surface area contributed by atoms with Crippen LogP contribution in [0.3, 0.4) is 0 Å². The molecule has 0 radical (unpaired) electrons. The number of hydrogen-bond donors (Lipinski definition) is 0. The number of ketones is 1. The summed E-state index contributed by atoms with van der Waals surface area (Å²) < 4.78 is 1.88.